The van der Waals surface area contributed by atoms with Crippen molar-refractivity contribution in [2.24, 2.45) is 5.10 Å². The highest BCUT2D eigenvalue weighted by atomic mass is 32.1. The van der Waals surface area contributed by atoms with E-state index in [1.807, 2.05) is 61.7 Å². The van der Waals surface area contributed by atoms with Crippen molar-refractivity contribution >= 4 is 23.5 Å². The molecule has 0 saturated heterocycles. The van der Waals surface area contributed by atoms with Gasteiger partial charge in [-0.05, 0) is 25.0 Å². The van der Waals surface area contributed by atoms with E-state index in [1.54, 1.807) is 6.21 Å². The Morgan fingerprint density at radius 3 is 2.80 bits per heavy atom. The first-order chi connectivity index (χ1) is 12.1. The van der Waals surface area contributed by atoms with Crippen LogP contribution in [-0.2, 0) is 11.2 Å². The minimum Gasteiger partial charge on any atom is -0.273 e. The van der Waals surface area contributed by atoms with Crippen LogP contribution in [0.3, 0.4) is 0 Å². The van der Waals surface area contributed by atoms with Gasteiger partial charge in [-0.2, -0.15) is 5.10 Å². The van der Waals surface area contributed by atoms with Gasteiger partial charge in [0.2, 0.25) is 5.91 Å². The lowest BCUT2D eigenvalue weighted by Crippen LogP contribution is -2.19. The van der Waals surface area contributed by atoms with E-state index in [0.717, 1.165) is 33.0 Å². The first kappa shape index (κ1) is 17.0. The quantitative estimate of drug-likeness (QED) is 0.556. The Morgan fingerprint density at radius 1 is 1.20 bits per heavy atom. The Balaban J connectivity index is 1.59. The van der Waals surface area contributed by atoms with Crippen molar-refractivity contribution in [3.05, 3.63) is 75.6 Å². The second kappa shape index (κ2) is 7.85. The van der Waals surface area contributed by atoms with Gasteiger partial charge in [0.25, 0.3) is 0 Å². The van der Waals surface area contributed by atoms with Crippen molar-refractivity contribution < 1.29 is 4.79 Å². The van der Waals surface area contributed by atoms with Gasteiger partial charge in [-0.1, -0.05) is 54.1 Å². The van der Waals surface area contributed by atoms with E-state index < -0.39 is 0 Å². The molecule has 0 aliphatic rings. The van der Waals surface area contributed by atoms with Crippen molar-refractivity contribution in [1.82, 2.24) is 10.4 Å². The molecule has 1 N–H and O–H groups in total. The van der Waals surface area contributed by atoms with Crippen LogP contribution in [0.25, 0.3) is 11.3 Å². The summed E-state index contributed by atoms with van der Waals surface area (Å²) in [5.74, 6) is -0.171. The number of hydrogen-bond acceptors (Lipinski definition) is 4. The number of nitrogens with zero attached hydrogens (tertiary/aromatic N) is 2. The molecule has 5 heteroatoms. The van der Waals surface area contributed by atoms with Crippen LogP contribution in [0, 0.1) is 13.8 Å². The average Bonchev–Trinajstić information content (AvgIpc) is 3.07. The molecule has 1 heterocycles. The van der Waals surface area contributed by atoms with Gasteiger partial charge in [0, 0.05) is 10.9 Å². The lowest BCUT2D eigenvalue weighted by Gasteiger charge is -2.01. The number of aromatic nitrogens is 1. The topological polar surface area (TPSA) is 54.4 Å². The Morgan fingerprint density at radius 2 is 2.00 bits per heavy atom. The fourth-order valence-electron chi connectivity index (χ4n) is 2.38. The summed E-state index contributed by atoms with van der Waals surface area (Å²) in [5.41, 5.74) is 7.81. The number of carbonyl (C=O) groups excluding carboxylic acids is 1. The van der Waals surface area contributed by atoms with Gasteiger partial charge in [-0.15, -0.1) is 11.3 Å². The Labute approximate surface area is 151 Å². The minimum atomic E-state index is -0.171. The van der Waals surface area contributed by atoms with E-state index >= 15 is 0 Å². The molecule has 1 aromatic heterocycles. The molecule has 1 amide bonds. The van der Waals surface area contributed by atoms with Crippen LogP contribution in [0.4, 0.5) is 0 Å². The van der Waals surface area contributed by atoms with E-state index in [2.05, 4.69) is 21.6 Å². The van der Waals surface area contributed by atoms with Crippen molar-refractivity contribution in [2.45, 2.75) is 20.3 Å². The third kappa shape index (κ3) is 4.61. The highest BCUT2D eigenvalue weighted by molar-refractivity contribution is 7.10. The molecule has 0 saturated carbocycles. The van der Waals surface area contributed by atoms with Gasteiger partial charge in [0.1, 0.15) is 5.01 Å². The van der Waals surface area contributed by atoms with E-state index in [4.69, 9.17) is 0 Å². The highest BCUT2D eigenvalue weighted by Crippen LogP contribution is 2.21. The summed E-state index contributed by atoms with van der Waals surface area (Å²) < 4.78 is 0. The number of rotatable bonds is 5. The fourth-order valence-corrected chi connectivity index (χ4v) is 3.19. The maximum atomic E-state index is 12.0. The van der Waals surface area contributed by atoms with E-state index in [0.29, 0.717) is 0 Å². The number of thiazole rings is 1. The molecule has 126 valence electrons. The second-order valence-corrected chi connectivity index (χ2v) is 6.77. The van der Waals surface area contributed by atoms with Crippen LogP contribution < -0.4 is 5.43 Å². The SMILES string of the molecule is Cc1ccc(C)c(/C=N\NC(=O)Cc2nc(-c3ccccc3)cs2)c1. The summed E-state index contributed by atoms with van der Waals surface area (Å²) in [6.07, 6.45) is 1.90. The van der Waals surface area contributed by atoms with E-state index in [-0.39, 0.29) is 12.3 Å². The zero-order valence-electron chi connectivity index (χ0n) is 14.2. The van der Waals surface area contributed by atoms with Crippen molar-refractivity contribution in [3.8, 4) is 11.3 Å². The number of hydrazone groups is 1. The molecular weight excluding hydrogens is 330 g/mol. The molecule has 3 rings (SSSR count). The standard InChI is InChI=1S/C20H19N3OS/c1-14-8-9-15(2)17(10-14)12-21-23-19(24)11-20-22-18(13-25-20)16-6-4-3-5-7-16/h3-10,12-13H,11H2,1-2H3,(H,23,24)/b21-12-. The van der Waals surface area contributed by atoms with Crippen molar-refractivity contribution in [1.29, 1.82) is 0 Å². The fraction of sp³-hybridized carbons (Fsp3) is 0.150. The minimum absolute atomic E-state index is 0.171. The molecule has 3 aromatic rings. The lowest BCUT2D eigenvalue weighted by atomic mass is 10.1. The lowest BCUT2D eigenvalue weighted by molar-refractivity contribution is -0.120. The summed E-state index contributed by atoms with van der Waals surface area (Å²) in [7, 11) is 0. The summed E-state index contributed by atoms with van der Waals surface area (Å²) in [4.78, 5) is 16.6. The molecule has 0 aliphatic carbocycles. The van der Waals surface area contributed by atoms with E-state index in [1.165, 1.54) is 11.3 Å². The van der Waals surface area contributed by atoms with Gasteiger partial charge in [0.15, 0.2) is 0 Å². The third-order valence-corrected chi connectivity index (χ3v) is 4.61. The molecule has 4 nitrogen and oxygen atoms in total. The highest BCUT2D eigenvalue weighted by Gasteiger charge is 2.08. The third-order valence-electron chi connectivity index (χ3n) is 3.76. The number of amides is 1. The number of carbonyl (C=O) groups is 1. The molecule has 2 aromatic carbocycles. The Kier molecular flexibility index (Phi) is 5.36. The van der Waals surface area contributed by atoms with Crippen LogP contribution in [0.5, 0.6) is 0 Å². The number of aryl methyl sites for hydroxylation is 2. The molecule has 0 radical (unpaired) electrons. The van der Waals surface area contributed by atoms with Crippen molar-refractivity contribution in [2.75, 3.05) is 0 Å². The first-order valence-electron chi connectivity index (χ1n) is 8.01. The molecule has 0 fully saturated rings. The second-order valence-electron chi connectivity index (χ2n) is 5.82. The Hall–Kier alpha value is -2.79. The molecule has 25 heavy (non-hydrogen) atoms. The van der Waals surface area contributed by atoms with E-state index in [9.17, 15) is 4.79 Å². The monoisotopic (exact) mass is 349 g/mol. The van der Waals surface area contributed by atoms with Crippen LogP contribution >= 0.6 is 11.3 Å². The predicted molar refractivity (Wildman–Crippen MR) is 103 cm³/mol. The van der Waals surface area contributed by atoms with Crippen LogP contribution in [-0.4, -0.2) is 17.1 Å². The maximum Gasteiger partial charge on any atom is 0.246 e. The van der Waals surface area contributed by atoms with Crippen LogP contribution in [0.15, 0.2) is 59.0 Å². The summed E-state index contributed by atoms with van der Waals surface area (Å²) in [6.45, 7) is 4.05. The summed E-state index contributed by atoms with van der Waals surface area (Å²) in [6, 6.07) is 16.1. The zero-order chi connectivity index (χ0) is 17.6. The number of hydrogen-bond donors (Lipinski definition) is 1. The largest absolute Gasteiger partial charge is 0.273 e. The van der Waals surface area contributed by atoms with Crippen molar-refractivity contribution in [3.63, 3.8) is 0 Å². The smallest absolute Gasteiger partial charge is 0.246 e. The van der Waals surface area contributed by atoms with Gasteiger partial charge < -0.3 is 0 Å². The summed E-state index contributed by atoms with van der Waals surface area (Å²) in [5, 5.41) is 6.80. The normalized spacial score (nSPS) is 11.0. The predicted octanol–water partition coefficient (Wildman–Crippen LogP) is 4.12. The molecule has 0 spiro atoms. The molecule has 0 unspecified atom stereocenters. The van der Waals surface area contributed by atoms with Crippen LogP contribution in [0.2, 0.25) is 0 Å². The summed E-state index contributed by atoms with van der Waals surface area (Å²) >= 11 is 1.48. The molecule has 0 atom stereocenters. The average molecular weight is 349 g/mol. The molecular formula is C20H19N3OS. The van der Waals surface area contributed by atoms with Gasteiger partial charge in [-0.25, -0.2) is 10.4 Å². The number of nitrogens with one attached hydrogen (secondary N) is 1. The Bertz CT molecular complexity index is 900. The maximum absolute atomic E-state index is 12.0. The first-order valence-corrected chi connectivity index (χ1v) is 8.89. The van der Waals surface area contributed by atoms with Gasteiger partial charge in [-0.3, -0.25) is 4.79 Å². The van der Waals surface area contributed by atoms with Gasteiger partial charge >= 0.3 is 0 Å². The molecule has 0 aliphatic heterocycles. The van der Waals surface area contributed by atoms with Gasteiger partial charge in [0.05, 0.1) is 18.3 Å². The van der Waals surface area contributed by atoms with Crippen LogP contribution in [0.1, 0.15) is 21.7 Å². The molecule has 0 bridgehead atoms. The number of benzene rings is 2. The zero-order valence-corrected chi connectivity index (χ0v) is 15.0.